The van der Waals surface area contributed by atoms with Crippen LogP contribution in [0, 0.1) is 5.82 Å². The minimum Gasteiger partial charge on any atom is -0.380 e. The molecule has 0 fully saturated rings. The lowest BCUT2D eigenvalue weighted by atomic mass is 10.2. The Morgan fingerprint density at radius 2 is 1.94 bits per heavy atom. The molecule has 1 rings (SSSR count). The van der Waals surface area contributed by atoms with Crippen LogP contribution in [0.5, 0.6) is 0 Å². The number of halogens is 1. The number of rotatable bonds is 8. The van der Waals surface area contributed by atoms with Crippen LogP contribution >= 0.6 is 0 Å². The molecule has 0 unspecified atom stereocenters. The van der Waals surface area contributed by atoms with Gasteiger partial charge in [0.15, 0.2) is 0 Å². The maximum Gasteiger partial charge on any atom is 0.123 e. The Morgan fingerprint density at radius 1 is 1.19 bits per heavy atom. The van der Waals surface area contributed by atoms with Crippen molar-refractivity contribution in [2.45, 2.75) is 26.3 Å². The average molecular weight is 225 g/mol. The molecular formula is C13H20FNO. The summed E-state index contributed by atoms with van der Waals surface area (Å²) < 4.78 is 18.0. The average Bonchev–Trinajstić information content (AvgIpc) is 2.30. The van der Waals surface area contributed by atoms with Gasteiger partial charge in [0.2, 0.25) is 0 Å². The molecule has 0 amide bonds. The Balaban J connectivity index is 2.01. The van der Waals surface area contributed by atoms with Crippen LogP contribution in [0.4, 0.5) is 4.39 Å². The van der Waals surface area contributed by atoms with Crippen molar-refractivity contribution in [3.05, 3.63) is 35.6 Å². The van der Waals surface area contributed by atoms with Crippen LogP contribution in [0.2, 0.25) is 0 Å². The highest BCUT2D eigenvalue weighted by Crippen LogP contribution is 2.01. The molecule has 0 atom stereocenters. The number of hydrogen-bond acceptors (Lipinski definition) is 2. The smallest absolute Gasteiger partial charge is 0.123 e. The molecule has 0 aliphatic heterocycles. The highest BCUT2D eigenvalue weighted by molar-refractivity contribution is 5.15. The summed E-state index contributed by atoms with van der Waals surface area (Å²) >= 11 is 0. The zero-order valence-electron chi connectivity index (χ0n) is 9.84. The van der Waals surface area contributed by atoms with Gasteiger partial charge in [0.05, 0.1) is 6.61 Å². The van der Waals surface area contributed by atoms with Crippen LogP contribution in [0.25, 0.3) is 0 Å². The van der Waals surface area contributed by atoms with Crippen LogP contribution in [0.3, 0.4) is 0 Å². The summed E-state index contributed by atoms with van der Waals surface area (Å²) in [6.07, 6.45) is 2.29. The summed E-state index contributed by atoms with van der Waals surface area (Å²) in [4.78, 5) is 0. The van der Waals surface area contributed by atoms with Crippen LogP contribution in [-0.2, 0) is 11.3 Å². The van der Waals surface area contributed by atoms with Crippen molar-refractivity contribution >= 4 is 0 Å². The molecule has 0 aliphatic rings. The van der Waals surface area contributed by atoms with Crippen molar-refractivity contribution in [1.82, 2.24) is 5.32 Å². The van der Waals surface area contributed by atoms with Crippen molar-refractivity contribution in [2.24, 2.45) is 0 Å². The second-order valence-electron chi connectivity index (χ2n) is 3.77. The van der Waals surface area contributed by atoms with E-state index in [2.05, 4.69) is 12.2 Å². The fourth-order valence-electron chi connectivity index (χ4n) is 1.33. The van der Waals surface area contributed by atoms with Crippen LogP contribution in [0.15, 0.2) is 24.3 Å². The molecule has 0 bridgehead atoms. The summed E-state index contributed by atoms with van der Waals surface area (Å²) in [5, 5.41) is 3.25. The molecule has 0 saturated carbocycles. The number of hydrogen-bond donors (Lipinski definition) is 1. The molecular weight excluding hydrogens is 205 g/mol. The van der Waals surface area contributed by atoms with Crippen molar-refractivity contribution in [3.63, 3.8) is 0 Å². The van der Waals surface area contributed by atoms with E-state index < -0.39 is 0 Å². The van der Waals surface area contributed by atoms with Gasteiger partial charge in [-0.2, -0.15) is 0 Å². The second kappa shape index (κ2) is 8.25. The third kappa shape index (κ3) is 5.83. The van der Waals surface area contributed by atoms with Crippen molar-refractivity contribution in [3.8, 4) is 0 Å². The van der Waals surface area contributed by atoms with E-state index >= 15 is 0 Å². The van der Waals surface area contributed by atoms with Gasteiger partial charge < -0.3 is 10.1 Å². The van der Waals surface area contributed by atoms with Gasteiger partial charge in [-0.1, -0.05) is 25.5 Å². The van der Waals surface area contributed by atoms with Gasteiger partial charge in [0, 0.05) is 19.7 Å². The molecule has 0 radical (unpaired) electrons. The number of ether oxygens (including phenoxy) is 1. The summed E-state index contributed by atoms with van der Waals surface area (Å²) in [5.74, 6) is -0.188. The van der Waals surface area contributed by atoms with Crippen molar-refractivity contribution < 1.29 is 9.13 Å². The molecule has 16 heavy (non-hydrogen) atoms. The van der Waals surface area contributed by atoms with E-state index in [1.807, 2.05) is 0 Å². The predicted octanol–water partition coefficient (Wildman–Crippen LogP) is 2.73. The molecule has 0 saturated heterocycles. The Labute approximate surface area is 96.8 Å². The molecule has 0 aromatic heterocycles. The van der Waals surface area contributed by atoms with Gasteiger partial charge in [-0.05, 0) is 24.1 Å². The number of nitrogens with one attached hydrogen (secondary N) is 1. The molecule has 2 nitrogen and oxygen atoms in total. The van der Waals surface area contributed by atoms with E-state index in [-0.39, 0.29) is 5.82 Å². The molecule has 90 valence electrons. The third-order valence-corrected chi connectivity index (χ3v) is 2.31. The molecule has 0 aliphatic carbocycles. The Hall–Kier alpha value is -0.930. The molecule has 1 aromatic carbocycles. The van der Waals surface area contributed by atoms with E-state index in [0.29, 0.717) is 0 Å². The van der Waals surface area contributed by atoms with E-state index in [4.69, 9.17) is 4.74 Å². The zero-order valence-corrected chi connectivity index (χ0v) is 9.84. The molecule has 3 heteroatoms. The summed E-state index contributed by atoms with van der Waals surface area (Å²) in [7, 11) is 0. The highest BCUT2D eigenvalue weighted by Gasteiger charge is 1.93. The van der Waals surface area contributed by atoms with Gasteiger partial charge >= 0.3 is 0 Å². The lowest BCUT2D eigenvalue weighted by Gasteiger charge is -2.05. The number of benzene rings is 1. The van der Waals surface area contributed by atoms with Crippen molar-refractivity contribution in [1.29, 1.82) is 0 Å². The first kappa shape index (κ1) is 13.1. The third-order valence-electron chi connectivity index (χ3n) is 2.31. The SMILES string of the molecule is CCCCOCCNCc1ccc(F)cc1. The molecule has 1 aromatic rings. The summed E-state index contributed by atoms with van der Waals surface area (Å²) in [6.45, 7) is 5.32. The molecule has 0 heterocycles. The van der Waals surface area contributed by atoms with Gasteiger partial charge in [-0.15, -0.1) is 0 Å². The van der Waals surface area contributed by atoms with Gasteiger partial charge in [-0.3, -0.25) is 0 Å². The van der Waals surface area contributed by atoms with Crippen LogP contribution in [-0.4, -0.2) is 19.8 Å². The standard InChI is InChI=1S/C13H20FNO/c1-2-3-9-16-10-8-15-11-12-4-6-13(14)7-5-12/h4-7,15H,2-3,8-11H2,1H3. The first-order valence-electron chi connectivity index (χ1n) is 5.86. The lowest BCUT2D eigenvalue weighted by molar-refractivity contribution is 0.133. The fraction of sp³-hybridized carbons (Fsp3) is 0.538. The van der Waals surface area contributed by atoms with Crippen LogP contribution < -0.4 is 5.32 Å². The Kier molecular flexibility index (Phi) is 6.77. The van der Waals surface area contributed by atoms with Crippen molar-refractivity contribution in [2.75, 3.05) is 19.8 Å². The number of unbranched alkanes of at least 4 members (excludes halogenated alkanes) is 1. The van der Waals surface area contributed by atoms with Gasteiger partial charge in [0.25, 0.3) is 0 Å². The minimum absolute atomic E-state index is 0.188. The van der Waals surface area contributed by atoms with E-state index in [0.717, 1.165) is 38.3 Å². The Morgan fingerprint density at radius 3 is 2.62 bits per heavy atom. The fourth-order valence-corrected chi connectivity index (χ4v) is 1.33. The zero-order chi connectivity index (χ0) is 11.6. The maximum atomic E-state index is 12.6. The normalized spacial score (nSPS) is 10.6. The highest BCUT2D eigenvalue weighted by atomic mass is 19.1. The largest absolute Gasteiger partial charge is 0.380 e. The van der Waals surface area contributed by atoms with E-state index in [1.165, 1.54) is 18.6 Å². The monoisotopic (exact) mass is 225 g/mol. The quantitative estimate of drug-likeness (QED) is 0.687. The maximum absolute atomic E-state index is 12.6. The second-order valence-corrected chi connectivity index (χ2v) is 3.77. The first-order chi connectivity index (χ1) is 7.83. The van der Waals surface area contributed by atoms with Crippen LogP contribution in [0.1, 0.15) is 25.3 Å². The van der Waals surface area contributed by atoms with Gasteiger partial charge in [-0.25, -0.2) is 4.39 Å². The van der Waals surface area contributed by atoms with Gasteiger partial charge in [0.1, 0.15) is 5.82 Å². The minimum atomic E-state index is -0.188. The van der Waals surface area contributed by atoms with E-state index in [1.54, 1.807) is 12.1 Å². The summed E-state index contributed by atoms with van der Waals surface area (Å²) in [5.41, 5.74) is 1.09. The first-order valence-corrected chi connectivity index (χ1v) is 5.86. The Bertz CT molecular complexity index is 274. The molecule has 1 N–H and O–H groups in total. The van der Waals surface area contributed by atoms with E-state index in [9.17, 15) is 4.39 Å². The lowest BCUT2D eigenvalue weighted by Crippen LogP contribution is -2.19. The predicted molar refractivity (Wildman–Crippen MR) is 63.8 cm³/mol. The summed E-state index contributed by atoms with van der Waals surface area (Å²) in [6, 6.07) is 6.55. The topological polar surface area (TPSA) is 21.3 Å². The molecule has 0 spiro atoms.